The molecule has 1 aromatic carbocycles. The van der Waals surface area contributed by atoms with Crippen LogP contribution in [-0.4, -0.2) is 52.4 Å². The van der Waals surface area contributed by atoms with Crippen LogP contribution in [-0.2, 0) is 11.3 Å². The lowest BCUT2D eigenvalue weighted by atomic mass is 10.1. The van der Waals surface area contributed by atoms with E-state index in [1.807, 2.05) is 42.9 Å². The van der Waals surface area contributed by atoms with Crippen molar-refractivity contribution in [1.82, 2.24) is 19.7 Å². The Bertz CT molecular complexity index is 979. The molecule has 0 bridgehead atoms. The summed E-state index contributed by atoms with van der Waals surface area (Å²) in [6, 6.07) is 12.1. The second kappa shape index (κ2) is 7.72. The molecule has 0 aliphatic heterocycles. The van der Waals surface area contributed by atoms with Gasteiger partial charge in [0.2, 0.25) is 0 Å². The number of nitrogens with zero attached hydrogens (tertiary/aromatic N) is 4. The predicted molar refractivity (Wildman–Crippen MR) is 108 cm³/mol. The minimum atomic E-state index is -0.0185. The number of benzene rings is 1. The number of likely N-dealkylation sites (N-methyl/N-ethyl adjacent to an activating group) is 1. The number of hydrogen-bond acceptors (Lipinski definition) is 4. The predicted octanol–water partition coefficient (Wildman–Crippen LogP) is 3.46. The van der Waals surface area contributed by atoms with Gasteiger partial charge in [0.05, 0.1) is 29.8 Å². The molecular weight excluding hydrogens is 352 g/mol. The fraction of sp³-hybridized carbons (Fsp3) is 0.409. The molecule has 146 valence electrons. The largest absolute Gasteiger partial charge is 0.380 e. The van der Waals surface area contributed by atoms with Crippen molar-refractivity contribution < 1.29 is 9.53 Å². The van der Waals surface area contributed by atoms with Crippen molar-refractivity contribution >= 4 is 16.9 Å². The van der Waals surface area contributed by atoms with E-state index >= 15 is 0 Å². The Labute approximate surface area is 165 Å². The highest BCUT2D eigenvalue weighted by molar-refractivity contribution is 6.05. The maximum Gasteiger partial charge on any atom is 0.254 e. The minimum absolute atomic E-state index is 0.0162. The van der Waals surface area contributed by atoms with Crippen LogP contribution >= 0.6 is 0 Å². The van der Waals surface area contributed by atoms with E-state index in [9.17, 15) is 4.79 Å². The van der Waals surface area contributed by atoms with Gasteiger partial charge in [0.1, 0.15) is 0 Å². The van der Waals surface area contributed by atoms with Gasteiger partial charge in [-0.15, -0.1) is 0 Å². The normalized spacial score (nSPS) is 15.0. The molecular formula is C22H26N4O2. The van der Waals surface area contributed by atoms with Crippen LogP contribution in [0.2, 0.25) is 0 Å². The Hall–Kier alpha value is -2.73. The molecule has 1 amide bonds. The number of methoxy groups -OCH3 is 1. The van der Waals surface area contributed by atoms with Crippen molar-refractivity contribution in [3.05, 3.63) is 59.4 Å². The van der Waals surface area contributed by atoms with Gasteiger partial charge in [0.15, 0.2) is 5.65 Å². The first kappa shape index (κ1) is 18.6. The van der Waals surface area contributed by atoms with Crippen molar-refractivity contribution in [2.45, 2.75) is 38.3 Å². The zero-order valence-electron chi connectivity index (χ0n) is 16.6. The van der Waals surface area contributed by atoms with E-state index < -0.39 is 0 Å². The van der Waals surface area contributed by atoms with Crippen molar-refractivity contribution in [3.8, 4) is 0 Å². The van der Waals surface area contributed by atoms with Crippen molar-refractivity contribution in [1.29, 1.82) is 0 Å². The molecule has 0 spiro atoms. The molecule has 28 heavy (non-hydrogen) atoms. The number of fused-ring (bicyclic) bond motifs is 1. The molecule has 1 aliphatic rings. The summed E-state index contributed by atoms with van der Waals surface area (Å²) >= 11 is 0. The number of pyridine rings is 1. The molecule has 2 aromatic heterocycles. The minimum Gasteiger partial charge on any atom is -0.380 e. The van der Waals surface area contributed by atoms with Crippen molar-refractivity contribution in [3.63, 3.8) is 0 Å². The van der Waals surface area contributed by atoms with E-state index in [0.717, 1.165) is 35.1 Å². The highest BCUT2D eigenvalue weighted by Gasteiger charge is 2.29. The highest BCUT2D eigenvalue weighted by atomic mass is 16.5. The number of amides is 1. The lowest BCUT2D eigenvalue weighted by molar-refractivity contribution is 0.0601. The van der Waals surface area contributed by atoms with Gasteiger partial charge in [-0.2, -0.15) is 5.10 Å². The van der Waals surface area contributed by atoms with Crippen molar-refractivity contribution in [2.75, 3.05) is 20.7 Å². The topological polar surface area (TPSA) is 60.2 Å². The number of carbonyl (C=O) groups excluding carboxylic acids is 1. The molecule has 6 nitrogen and oxygen atoms in total. The van der Waals surface area contributed by atoms with Crippen LogP contribution < -0.4 is 0 Å². The molecule has 0 saturated heterocycles. The standard InChI is InChI=1S/C22H26N4O2/c1-15(28-3)13-25(2)22(27)18-11-20(17-9-10-17)24-21-19(18)12-23-26(21)14-16-7-5-4-6-8-16/h4-8,11-12,15,17H,9-10,13-14H2,1-3H3. The first-order valence-corrected chi connectivity index (χ1v) is 9.75. The fourth-order valence-electron chi connectivity index (χ4n) is 3.45. The number of hydrogen-bond donors (Lipinski definition) is 0. The molecule has 1 unspecified atom stereocenters. The Morgan fingerprint density at radius 1 is 1.32 bits per heavy atom. The first-order chi connectivity index (χ1) is 13.6. The average molecular weight is 378 g/mol. The summed E-state index contributed by atoms with van der Waals surface area (Å²) in [6.07, 6.45) is 4.02. The molecule has 1 saturated carbocycles. The second-order valence-corrected chi connectivity index (χ2v) is 7.63. The summed E-state index contributed by atoms with van der Waals surface area (Å²) in [6.45, 7) is 3.13. The van der Waals surface area contributed by atoms with E-state index in [2.05, 4.69) is 17.2 Å². The molecule has 1 atom stereocenters. The summed E-state index contributed by atoms with van der Waals surface area (Å²) in [7, 11) is 3.47. The fourth-order valence-corrected chi connectivity index (χ4v) is 3.45. The molecule has 2 heterocycles. The number of rotatable bonds is 7. The Balaban J connectivity index is 1.73. The van der Waals surface area contributed by atoms with Crippen LogP contribution in [0, 0.1) is 0 Å². The smallest absolute Gasteiger partial charge is 0.254 e. The monoisotopic (exact) mass is 378 g/mol. The summed E-state index contributed by atoms with van der Waals surface area (Å²) < 4.78 is 7.21. The maximum absolute atomic E-state index is 13.2. The lowest BCUT2D eigenvalue weighted by Crippen LogP contribution is -2.34. The summed E-state index contributed by atoms with van der Waals surface area (Å²) in [4.78, 5) is 19.8. The third-order valence-electron chi connectivity index (χ3n) is 5.31. The zero-order chi connectivity index (χ0) is 19.7. The zero-order valence-corrected chi connectivity index (χ0v) is 16.6. The highest BCUT2D eigenvalue weighted by Crippen LogP contribution is 2.40. The number of ether oxygens (including phenoxy) is 1. The van der Waals surface area contributed by atoms with E-state index in [0.29, 0.717) is 24.6 Å². The quantitative estimate of drug-likeness (QED) is 0.632. The SMILES string of the molecule is COC(C)CN(C)C(=O)c1cc(C2CC2)nc2c1cnn2Cc1ccccc1. The summed E-state index contributed by atoms with van der Waals surface area (Å²) in [5.41, 5.74) is 3.62. The van der Waals surface area contributed by atoms with Gasteiger partial charge in [-0.25, -0.2) is 9.67 Å². The van der Waals surface area contributed by atoms with Crippen LogP contribution in [0.25, 0.3) is 11.0 Å². The van der Waals surface area contributed by atoms with Gasteiger partial charge >= 0.3 is 0 Å². The van der Waals surface area contributed by atoms with E-state index in [1.54, 1.807) is 18.2 Å². The molecule has 0 radical (unpaired) electrons. The molecule has 3 aromatic rings. The summed E-state index contributed by atoms with van der Waals surface area (Å²) in [5, 5.41) is 5.36. The Kier molecular flexibility index (Phi) is 5.13. The third-order valence-corrected chi connectivity index (χ3v) is 5.31. The molecule has 0 N–H and O–H groups in total. The number of carbonyl (C=O) groups is 1. The molecule has 4 rings (SSSR count). The van der Waals surface area contributed by atoms with Crippen LogP contribution in [0.5, 0.6) is 0 Å². The second-order valence-electron chi connectivity index (χ2n) is 7.63. The first-order valence-electron chi connectivity index (χ1n) is 9.75. The molecule has 1 aliphatic carbocycles. The molecule has 1 fully saturated rings. The number of aromatic nitrogens is 3. The van der Waals surface area contributed by atoms with Gasteiger partial charge in [0.25, 0.3) is 5.91 Å². The maximum atomic E-state index is 13.2. The Morgan fingerprint density at radius 3 is 2.75 bits per heavy atom. The molecule has 6 heteroatoms. The van der Waals surface area contributed by atoms with E-state index in [4.69, 9.17) is 9.72 Å². The van der Waals surface area contributed by atoms with Gasteiger partial charge in [-0.05, 0) is 31.4 Å². The van der Waals surface area contributed by atoms with Crippen LogP contribution in [0.15, 0.2) is 42.6 Å². The Morgan fingerprint density at radius 2 is 2.07 bits per heavy atom. The van der Waals surface area contributed by atoms with Crippen LogP contribution in [0.3, 0.4) is 0 Å². The summed E-state index contributed by atoms with van der Waals surface area (Å²) in [5.74, 6) is 0.441. The van der Waals surface area contributed by atoms with Gasteiger partial charge < -0.3 is 9.64 Å². The lowest BCUT2D eigenvalue weighted by Gasteiger charge is -2.21. The van der Waals surface area contributed by atoms with E-state index in [-0.39, 0.29) is 12.0 Å². The average Bonchev–Trinajstić information content (AvgIpc) is 3.49. The van der Waals surface area contributed by atoms with Crippen LogP contribution in [0.1, 0.15) is 47.3 Å². The van der Waals surface area contributed by atoms with E-state index in [1.165, 1.54) is 0 Å². The van der Waals surface area contributed by atoms with Crippen LogP contribution in [0.4, 0.5) is 0 Å². The van der Waals surface area contributed by atoms with Gasteiger partial charge in [-0.1, -0.05) is 30.3 Å². The third kappa shape index (κ3) is 3.78. The van der Waals surface area contributed by atoms with Gasteiger partial charge in [-0.3, -0.25) is 4.79 Å². The van der Waals surface area contributed by atoms with Gasteiger partial charge in [0, 0.05) is 32.3 Å². The van der Waals surface area contributed by atoms with Crippen molar-refractivity contribution in [2.24, 2.45) is 0 Å².